The fourth-order valence-electron chi connectivity index (χ4n) is 2.94. The average Bonchev–Trinajstić information content (AvgIpc) is 3.33. The van der Waals surface area contributed by atoms with E-state index in [0.29, 0.717) is 11.9 Å². The summed E-state index contributed by atoms with van der Waals surface area (Å²) in [6.07, 6.45) is 1.96. The Kier molecular flexibility index (Phi) is 4.35. The zero-order valence-corrected chi connectivity index (χ0v) is 15.1. The summed E-state index contributed by atoms with van der Waals surface area (Å²) in [4.78, 5) is 13.3. The molecule has 1 aliphatic rings. The molecule has 3 aromatic rings. The van der Waals surface area contributed by atoms with Gasteiger partial charge in [-0.3, -0.25) is 0 Å². The van der Waals surface area contributed by atoms with Crippen molar-refractivity contribution in [3.8, 4) is 11.4 Å². The molecule has 0 saturated carbocycles. The minimum Gasteiger partial charge on any atom is -0.347 e. The van der Waals surface area contributed by atoms with Gasteiger partial charge >= 0.3 is 0 Å². The van der Waals surface area contributed by atoms with Crippen LogP contribution in [-0.4, -0.2) is 46.7 Å². The highest BCUT2D eigenvalue weighted by atomic mass is 32.1. The van der Waals surface area contributed by atoms with Gasteiger partial charge in [0.2, 0.25) is 11.0 Å². The molecule has 0 radical (unpaired) electrons. The van der Waals surface area contributed by atoms with Crippen LogP contribution < -0.4 is 9.80 Å². The number of piperidine rings is 1. The third-order valence-corrected chi connectivity index (χ3v) is 5.17. The average molecular weight is 356 g/mol. The maximum absolute atomic E-state index is 5.42. The number of benzene rings is 1. The normalized spacial score (nSPS) is 15.5. The Morgan fingerprint density at radius 1 is 1.12 bits per heavy atom. The van der Waals surface area contributed by atoms with Crippen LogP contribution in [0.2, 0.25) is 0 Å². The van der Waals surface area contributed by atoms with Gasteiger partial charge in [-0.1, -0.05) is 30.3 Å². The third-order valence-electron chi connectivity index (χ3n) is 4.39. The zero-order chi connectivity index (χ0) is 17.2. The molecule has 0 aliphatic carbocycles. The van der Waals surface area contributed by atoms with Gasteiger partial charge in [-0.2, -0.15) is 14.3 Å². The summed E-state index contributed by atoms with van der Waals surface area (Å²) in [5, 5.41) is 4.99. The Bertz CT molecular complexity index is 823. The number of aromatic nitrogens is 4. The van der Waals surface area contributed by atoms with E-state index in [2.05, 4.69) is 19.4 Å². The number of nitrogens with zero attached hydrogens (tertiary/aromatic N) is 6. The Labute approximate surface area is 150 Å². The van der Waals surface area contributed by atoms with Crippen molar-refractivity contribution in [2.75, 3.05) is 37.0 Å². The summed E-state index contributed by atoms with van der Waals surface area (Å²) in [5.41, 5.74) is 1.06. The van der Waals surface area contributed by atoms with Gasteiger partial charge in [-0.05, 0) is 18.0 Å². The molecule has 8 heteroatoms. The first-order chi connectivity index (χ1) is 12.2. The van der Waals surface area contributed by atoms with Crippen molar-refractivity contribution >= 4 is 22.6 Å². The molecular formula is C17H20N6OS. The summed E-state index contributed by atoms with van der Waals surface area (Å²) in [6.45, 7) is 1.85. The monoisotopic (exact) mass is 356 g/mol. The lowest BCUT2D eigenvalue weighted by molar-refractivity contribution is 0.329. The zero-order valence-electron chi connectivity index (χ0n) is 14.3. The number of anilines is 2. The molecular weight excluding hydrogens is 336 g/mol. The first kappa shape index (κ1) is 16.0. The molecule has 1 aromatic carbocycles. The lowest BCUT2D eigenvalue weighted by atomic mass is 9.97. The Morgan fingerprint density at radius 3 is 2.56 bits per heavy atom. The highest BCUT2D eigenvalue weighted by Crippen LogP contribution is 2.32. The first-order valence-electron chi connectivity index (χ1n) is 8.35. The van der Waals surface area contributed by atoms with Gasteiger partial charge in [-0.15, -0.1) is 0 Å². The lowest BCUT2D eigenvalue weighted by Crippen LogP contribution is -2.32. The molecule has 0 amide bonds. The maximum Gasteiger partial charge on any atom is 0.265 e. The van der Waals surface area contributed by atoms with Crippen LogP contribution in [0.15, 0.2) is 34.9 Å². The van der Waals surface area contributed by atoms with E-state index in [1.807, 2.05) is 49.3 Å². The Hall–Kier alpha value is -2.48. The van der Waals surface area contributed by atoms with Gasteiger partial charge < -0.3 is 14.3 Å². The van der Waals surface area contributed by atoms with E-state index < -0.39 is 0 Å². The number of hydrogen-bond donors (Lipinski definition) is 0. The lowest BCUT2D eigenvalue weighted by Gasteiger charge is -2.29. The molecule has 7 nitrogen and oxygen atoms in total. The van der Waals surface area contributed by atoms with Gasteiger partial charge in [0.05, 0.1) is 0 Å². The second-order valence-electron chi connectivity index (χ2n) is 6.35. The first-order valence-corrected chi connectivity index (χ1v) is 9.13. The smallest absolute Gasteiger partial charge is 0.265 e. The van der Waals surface area contributed by atoms with E-state index in [9.17, 15) is 0 Å². The SMILES string of the molecule is CN(C)c1noc(C2CCN(c3nc(-c4ccccc4)ns3)CC2)n1. The van der Waals surface area contributed by atoms with Crippen molar-refractivity contribution in [3.05, 3.63) is 36.2 Å². The predicted octanol–water partition coefficient (Wildman–Crippen LogP) is 3.04. The Morgan fingerprint density at radius 2 is 1.88 bits per heavy atom. The molecule has 1 aliphatic heterocycles. The molecule has 0 N–H and O–H groups in total. The van der Waals surface area contributed by atoms with E-state index >= 15 is 0 Å². The van der Waals surface area contributed by atoms with E-state index in [1.54, 1.807) is 0 Å². The van der Waals surface area contributed by atoms with Crippen LogP contribution in [-0.2, 0) is 0 Å². The van der Waals surface area contributed by atoms with Gasteiger partial charge in [0.15, 0.2) is 5.82 Å². The second-order valence-corrected chi connectivity index (χ2v) is 7.09. The summed E-state index contributed by atoms with van der Waals surface area (Å²) >= 11 is 1.46. The van der Waals surface area contributed by atoms with Crippen molar-refractivity contribution < 1.29 is 4.52 Å². The molecule has 3 heterocycles. The van der Waals surface area contributed by atoms with Crippen LogP contribution in [0.1, 0.15) is 24.7 Å². The third kappa shape index (κ3) is 3.34. The number of rotatable bonds is 4. The standard InChI is InChI=1S/C17H20N6OS/c1-22(2)16-19-15(24-20-16)13-8-10-23(11-9-13)17-18-14(21-25-17)12-6-4-3-5-7-12/h3-7,13H,8-11H2,1-2H3. The quantitative estimate of drug-likeness (QED) is 0.711. The minimum atomic E-state index is 0.318. The van der Waals surface area contributed by atoms with Crippen molar-refractivity contribution in [2.24, 2.45) is 0 Å². The molecule has 0 spiro atoms. The molecule has 0 atom stereocenters. The molecule has 0 bridgehead atoms. The van der Waals surface area contributed by atoms with Crippen LogP contribution in [0.25, 0.3) is 11.4 Å². The summed E-state index contributed by atoms with van der Waals surface area (Å²) < 4.78 is 9.93. The Balaban J connectivity index is 1.41. The van der Waals surface area contributed by atoms with Gasteiger partial charge in [0.25, 0.3) is 5.95 Å². The highest BCUT2D eigenvalue weighted by Gasteiger charge is 2.27. The largest absolute Gasteiger partial charge is 0.347 e. The summed E-state index contributed by atoms with van der Waals surface area (Å²) in [5.74, 6) is 2.49. The van der Waals surface area contributed by atoms with E-state index in [0.717, 1.165) is 48.3 Å². The van der Waals surface area contributed by atoms with Gasteiger partial charge in [0, 0.05) is 50.2 Å². The highest BCUT2D eigenvalue weighted by molar-refractivity contribution is 7.09. The molecule has 130 valence electrons. The van der Waals surface area contributed by atoms with Crippen LogP contribution in [0.5, 0.6) is 0 Å². The molecule has 0 unspecified atom stereocenters. The van der Waals surface area contributed by atoms with Gasteiger partial charge in [-0.25, -0.2) is 0 Å². The van der Waals surface area contributed by atoms with Gasteiger partial charge in [0.1, 0.15) is 0 Å². The topological polar surface area (TPSA) is 71.2 Å². The fourth-order valence-corrected chi connectivity index (χ4v) is 3.68. The van der Waals surface area contributed by atoms with Crippen LogP contribution in [0, 0.1) is 0 Å². The van der Waals surface area contributed by atoms with E-state index in [-0.39, 0.29) is 0 Å². The summed E-state index contributed by atoms with van der Waals surface area (Å²) in [7, 11) is 3.83. The van der Waals surface area contributed by atoms with Crippen LogP contribution in [0.3, 0.4) is 0 Å². The van der Waals surface area contributed by atoms with Crippen LogP contribution in [0.4, 0.5) is 11.1 Å². The van der Waals surface area contributed by atoms with E-state index in [4.69, 9.17) is 9.51 Å². The molecule has 4 rings (SSSR count). The van der Waals surface area contributed by atoms with Crippen molar-refractivity contribution in [2.45, 2.75) is 18.8 Å². The molecule has 25 heavy (non-hydrogen) atoms. The minimum absolute atomic E-state index is 0.318. The molecule has 1 fully saturated rings. The number of hydrogen-bond acceptors (Lipinski definition) is 8. The fraction of sp³-hybridized carbons (Fsp3) is 0.412. The van der Waals surface area contributed by atoms with Crippen molar-refractivity contribution in [1.82, 2.24) is 19.5 Å². The van der Waals surface area contributed by atoms with E-state index in [1.165, 1.54) is 11.5 Å². The van der Waals surface area contributed by atoms with Crippen molar-refractivity contribution in [3.63, 3.8) is 0 Å². The summed E-state index contributed by atoms with van der Waals surface area (Å²) in [6, 6.07) is 10.1. The maximum atomic E-state index is 5.42. The molecule has 1 saturated heterocycles. The second kappa shape index (κ2) is 6.79. The predicted molar refractivity (Wildman–Crippen MR) is 98.2 cm³/mol. The van der Waals surface area contributed by atoms with Crippen LogP contribution >= 0.6 is 11.5 Å². The molecule has 2 aromatic heterocycles. The van der Waals surface area contributed by atoms with Crippen molar-refractivity contribution in [1.29, 1.82) is 0 Å².